The first-order chi connectivity index (χ1) is 54.8. The van der Waals surface area contributed by atoms with E-state index in [0.717, 1.165) is 133 Å². The van der Waals surface area contributed by atoms with Crippen molar-refractivity contribution >= 4 is 0 Å². The van der Waals surface area contributed by atoms with Crippen LogP contribution in [0.25, 0.3) is 0 Å². The standard InChI is InChI=1S/C8H17NO.C8H15N.5C8H17N.C7H14FN.3C7H15N.C6H12FN.C6H13N.C5H11N/c1-7(2)9-5-8(3,6-9)10-4;1-7(2)9-5-8(6-9)3-4-8;3*1-6(2)9-7(3)5-8(9)4;2*1-8(2)9-6-4-3-5-7-9;1-6(2)9-4-7(3,8)5-9;2*1-6(2)8-5-4-7(8)3;1-7(2)8-5-3-4-6-8;1-5(2)8-3-6(7)4-8;1-6(2)7-4-3-5-7;1-5(2)6-3-4-6/h7H,5-6H2,1-4H3;7H,3-6H2,1-2H3;3*6-8H,5H2,1-4H3;2*8H,3-7H2,1-2H3;6H,4-5H2,1-3H3;2*6-7H,4-5H2,1-3H3;7H,3-6H2,1-2H3;5-6H,3-4H2,1-2H3;6H,3-5H2,1-2H3;5H,3-4H2,1-2H3/t;;7-,8+;2*7-,8-;;;;2*7-;;;;/m...10...10..../s1. The van der Waals surface area contributed by atoms with Crippen LogP contribution in [0.4, 0.5) is 8.78 Å². The van der Waals surface area contributed by atoms with E-state index in [4.69, 9.17) is 4.74 Å². The Morgan fingerprint density at radius 3 is 0.610 bits per heavy atom. The highest BCUT2D eigenvalue weighted by Gasteiger charge is 2.52. The Balaban J connectivity index is 0.000000431. The molecule has 0 unspecified atom stereocenters. The van der Waals surface area contributed by atoms with Crippen molar-refractivity contribution in [1.29, 1.82) is 0 Å². The van der Waals surface area contributed by atoms with Gasteiger partial charge in [0.25, 0.3) is 0 Å². The summed E-state index contributed by atoms with van der Waals surface area (Å²) in [5, 5.41) is 0. The minimum atomic E-state index is -0.899. The Hall–Kier alpha value is -0.740. The molecule has 0 aromatic carbocycles. The third-order valence-corrected chi connectivity index (χ3v) is 28.4. The third kappa shape index (κ3) is 42.9. The molecule has 706 valence electrons. The Morgan fingerprint density at radius 2 is 0.500 bits per heavy atom. The van der Waals surface area contributed by atoms with E-state index in [1.165, 1.54) is 194 Å². The average Bonchev–Trinajstić information content (AvgIpc) is 1.59. The molecule has 0 aromatic rings. The predicted molar refractivity (Wildman–Crippen MR) is 517 cm³/mol. The van der Waals surface area contributed by atoms with E-state index in [0.29, 0.717) is 44.3 Å². The van der Waals surface area contributed by atoms with Crippen molar-refractivity contribution in [2.75, 3.05) is 138 Å². The molecule has 14 saturated heterocycles. The van der Waals surface area contributed by atoms with Gasteiger partial charge in [0.1, 0.15) is 11.8 Å². The number of piperidine rings is 2. The summed E-state index contributed by atoms with van der Waals surface area (Å²) in [6, 6.07) is 16.8. The number of rotatable bonds is 15. The third-order valence-electron chi connectivity index (χ3n) is 28.4. The highest BCUT2D eigenvalue weighted by molar-refractivity contribution is 5.06. The van der Waals surface area contributed by atoms with Crippen molar-refractivity contribution in [3.63, 3.8) is 0 Å². The molecule has 14 aliphatic heterocycles. The van der Waals surface area contributed by atoms with Crippen molar-refractivity contribution in [1.82, 2.24) is 68.6 Å². The number of hydrogen-bond acceptors (Lipinski definition) is 15. The van der Waals surface area contributed by atoms with Crippen LogP contribution in [-0.4, -0.2) is 357 Å². The molecule has 17 heteroatoms. The molecule has 1 aliphatic carbocycles. The minimum Gasteiger partial charge on any atom is -0.376 e. The predicted octanol–water partition coefficient (Wildman–Crippen LogP) is 20.8. The molecule has 1 spiro atoms. The maximum absolute atomic E-state index is 12.8. The van der Waals surface area contributed by atoms with Crippen LogP contribution in [0, 0.1) is 5.41 Å². The first-order valence-corrected chi connectivity index (χ1v) is 50.2. The lowest BCUT2D eigenvalue weighted by Gasteiger charge is -2.49. The van der Waals surface area contributed by atoms with Crippen LogP contribution in [0.15, 0.2) is 0 Å². The summed E-state index contributed by atoms with van der Waals surface area (Å²) >= 11 is 0. The van der Waals surface area contributed by atoms with Crippen molar-refractivity contribution in [3.05, 3.63) is 0 Å². The molecule has 15 fully saturated rings. The van der Waals surface area contributed by atoms with Crippen LogP contribution in [0.3, 0.4) is 0 Å². The van der Waals surface area contributed by atoms with Crippen molar-refractivity contribution in [2.24, 2.45) is 5.41 Å². The van der Waals surface area contributed by atoms with Gasteiger partial charge in [0.15, 0.2) is 0 Å². The molecule has 0 amide bonds. The number of nitrogens with zero attached hydrogens (tertiary/aromatic N) is 14. The second kappa shape index (κ2) is 56.6. The van der Waals surface area contributed by atoms with Crippen LogP contribution in [-0.2, 0) is 4.74 Å². The zero-order valence-corrected chi connectivity index (χ0v) is 86.7. The van der Waals surface area contributed by atoms with Gasteiger partial charge in [-0.2, -0.15) is 0 Å². The summed E-state index contributed by atoms with van der Waals surface area (Å²) in [7, 11) is 1.79. The highest BCUT2D eigenvalue weighted by Crippen LogP contribution is 2.53. The Kier molecular flexibility index (Phi) is 54.3. The molecule has 118 heavy (non-hydrogen) atoms. The topological polar surface area (TPSA) is 54.4 Å². The summed E-state index contributed by atoms with van der Waals surface area (Å²) in [6.45, 7) is 108. The van der Waals surface area contributed by atoms with Crippen LogP contribution >= 0.6 is 0 Å². The van der Waals surface area contributed by atoms with Crippen molar-refractivity contribution in [3.8, 4) is 0 Å². The van der Waals surface area contributed by atoms with Gasteiger partial charge in [-0.05, 0) is 411 Å². The first kappa shape index (κ1) is 113. The lowest BCUT2D eigenvalue weighted by molar-refractivity contribution is -0.121. The maximum atomic E-state index is 12.8. The van der Waals surface area contributed by atoms with E-state index in [1.807, 2.05) is 0 Å². The Labute approximate surface area is 737 Å². The Bertz CT molecular complexity index is 2250. The average molecular weight is 1680 g/mol. The number of alkyl halides is 2. The summed E-state index contributed by atoms with van der Waals surface area (Å²) in [4.78, 5) is 34.4. The molecule has 8 atom stereocenters. The fourth-order valence-electron chi connectivity index (χ4n) is 19.3. The largest absolute Gasteiger partial charge is 0.376 e. The molecule has 15 rings (SSSR count). The maximum Gasteiger partial charge on any atom is 0.133 e. The molecule has 0 radical (unpaired) electrons. The van der Waals surface area contributed by atoms with Gasteiger partial charge in [0, 0.05) is 219 Å². The van der Waals surface area contributed by atoms with Gasteiger partial charge >= 0.3 is 0 Å². The van der Waals surface area contributed by atoms with Crippen LogP contribution in [0.1, 0.15) is 366 Å². The normalized spacial score (nSPS) is 28.3. The zero-order valence-electron chi connectivity index (χ0n) is 86.7. The van der Waals surface area contributed by atoms with E-state index in [-0.39, 0.29) is 5.60 Å². The molecule has 0 aromatic heterocycles. The molecular formula is C101H212F2N14O. The lowest BCUT2D eigenvalue weighted by atomic mass is 9.94. The molecular weight excluding hydrogens is 1460 g/mol. The van der Waals surface area contributed by atoms with Crippen molar-refractivity contribution in [2.45, 2.75) is 516 Å². The summed E-state index contributed by atoms with van der Waals surface area (Å²) in [5.41, 5.74) is 0.0960. The number of halogens is 2. The minimum absolute atomic E-state index is 0.143. The fourth-order valence-corrected chi connectivity index (χ4v) is 19.3. The first-order valence-electron chi connectivity index (χ1n) is 50.2. The van der Waals surface area contributed by atoms with Gasteiger partial charge in [-0.3, -0.25) is 49.0 Å². The van der Waals surface area contributed by atoms with Crippen LogP contribution < -0.4 is 0 Å². The zero-order chi connectivity index (χ0) is 90.0. The second-order valence-corrected chi connectivity index (χ2v) is 43.9. The van der Waals surface area contributed by atoms with E-state index in [1.54, 1.807) is 14.0 Å². The number of likely N-dealkylation sites (tertiary alicyclic amines) is 13. The number of methoxy groups -OCH3 is 1. The van der Waals surface area contributed by atoms with E-state index in [9.17, 15) is 8.78 Å². The summed E-state index contributed by atoms with van der Waals surface area (Å²) < 4.78 is 30.2. The number of ether oxygens (including phenoxy) is 1. The Morgan fingerprint density at radius 1 is 0.263 bits per heavy atom. The van der Waals surface area contributed by atoms with Crippen molar-refractivity contribution < 1.29 is 13.5 Å². The molecule has 15 aliphatic rings. The van der Waals surface area contributed by atoms with Gasteiger partial charge in [-0.15, -0.1) is 0 Å². The number of hydrogen-bond donors (Lipinski definition) is 0. The van der Waals surface area contributed by atoms with E-state index in [2.05, 4.69) is 325 Å². The quantitative estimate of drug-likeness (QED) is 0.146. The lowest BCUT2D eigenvalue weighted by Crippen LogP contribution is -2.62. The molecule has 1 saturated carbocycles. The second-order valence-electron chi connectivity index (χ2n) is 43.9. The molecule has 0 bridgehead atoms. The molecule has 14 heterocycles. The molecule has 15 nitrogen and oxygen atoms in total. The summed E-state index contributed by atoms with van der Waals surface area (Å²) in [6.07, 6.45) is 22.2. The van der Waals surface area contributed by atoms with Gasteiger partial charge in [0.2, 0.25) is 0 Å². The fraction of sp³-hybridized carbons (Fsp3) is 1.00. The van der Waals surface area contributed by atoms with Crippen LogP contribution in [0.2, 0.25) is 0 Å². The smallest absolute Gasteiger partial charge is 0.133 e. The monoisotopic (exact) mass is 1680 g/mol. The SMILES string of the molecule is CC(C)N1CC(C)(F)C1.CC(C)N1CC(F)C1.CC(C)N1CC1.CC(C)N1CC2(CC2)C1.CC(C)N1CCC1.CC(C)N1CCCC1.CC(C)N1CCCCC1.CC(C)N1CCCCC1.CC(C)N1CC[C@@H]1C.CC(C)N1CC[C@H]1C.CC(C)N1[C@@H](C)C[C@@H]1C.CC(C)N1[C@H](C)C[C@@H]1C.CC(C)N1[C@H](C)C[C@H]1C.COC1(C)CN(C(C)C)C1. The highest BCUT2D eigenvalue weighted by atomic mass is 19.1. The van der Waals surface area contributed by atoms with E-state index >= 15 is 0 Å². The van der Waals surface area contributed by atoms with Gasteiger partial charge in [0.05, 0.1) is 5.60 Å². The molecule has 0 N–H and O–H groups in total. The van der Waals surface area contributed by atoms with Gasteiger partial charge in [-0.1, -0.05) is 12.8 Å². The van der Waals surface area contributed by atoms with Crippen LogP contribution in [0.5, 0.6) is 0 Å². The summed E-state index contributed by atoms with van der Waals surface area (Å²) in [5.74, 6) is 0. The van der Waals surface area contributed by atoms with Gasteiger partial charge in [-0.25, -0.2) is 8.78 Å². The van der Waals surface area contributed by atoms with E-state index < -0.39 is 11.8 Å². The van der Waals surface area contributed by atoms with Gasteiger partial charge < -0.3 is 24.3 Å².